The molecule has 1 aromatic carbocycles. The Kier molecular flexibility index (Phi) is 6.41. The van der Waals surface area contributed by atoms with Crippen molar-refractivity contribution < 1.29 is 4.79 Å². The number of hydrogen-bond donors (Lipinski definition) is 2. The molecule has 0 bridgehead atoms. The van der Waals surface area contributed by atoms with E-state index in [0.29, 0.717) is 11.6 Å². The van der Waals surface area contributed by atoms with Gasteiger partial charge in [-0.25, -0.2) is 0 Å². The van der Waals surface area contributed by atoms with Gasteiger partial charge in [0.1, 0.15) is 0 Å². The molecule has 1 aromatic rings. The molecule has 1 amide bonds. The minimum absolute atomic E-state index is 0.200. The Hall–Kier alpha value is -1.50. The maximum atomic E-state index is 11.3. The summed E-state index contributed by atoms with van der Waals surface area (Å²) in [7, 11) is 0. The van der Waals surface area contributed by atoms with Crippen LogP contribution in [0.15, 0.2) is 24.3 Å². The van der Waals surface area contributed by atoms with Gasteiger partial charge >= 0.3 is 0 Å². The summed E-state index contributed by atoms with van der Waals surface area (Å²) in [4.78, 5) is 11.3. The van der Waals surface area contributed by atoms with Gasteiger partial charge in [-0.05, 0) is 24.1 Å². The molecule has 0 radical (unpaired) electrons. The van der Waals surface area contributed by atoms with E-state index in [-0.39, 0.29) is 17.9 Å². The quantitative estimate of drug-likeness (QED) is 0.811. The van der Waals surface area contributed by atoms with Gasteiger partial charge in [0.2, 0.25) is 5.91 Å². The molecule has 0 fully saturated rings. The highest BCUT2D eigenvalue weighted by Gasteiger charge is 2.19. The van der Waals surface area contributed by atoms with Gasteiger partial charge in [0, 0.05) is 10.6 Å². The summed E-state index contributed by atoms with van der Waals surface area (Å²) in [6.07, 6.45) is 0.891. The minimum Gasteiger partial charge on any atom is -0.368 e. The molecule has 0 saturated carbocycles. The van der Waals surface area contributed by atoms with E-state index in [2.05, 4.69) is 17.2 Å². The van der Waals surface area contributed by atoms with Crippen LogP contribution in [-0.2, 0) is 4.79 Å². The van der Waals surface area contributed by atoms with Crippen LogP contribution in [0.4, 0.5) is 0 Å². The molecular weight excluding hydrogens is 260 g/mol. The van der Waals surface area contributed by atoms with E-state index >= 15 is 0 Å². The molecule has 1 rings (SSSR count). The first-order valence-corrected chi connectivity index (χ1v) is 6.69. The molecule has 2 atom stereocenters. The molecule has 0 aromatic heterocycles. The van der Waals surface area contributed by atoms with Crippen molar-refractivity contribution >= 4 is 17.5 Å². The number of carbonyl (C=O) groups is 1. The van der Waals surface area contributed by atoms with E-state index in [9.17, 15) is 4.79 Å². The van der Waals surface area contributed by atoms with Crippen LogP contribution in [0, 0.1) is 17.8 Å². The first-order valence-electron chi connectivity index (χ1n) is 6.31. The Morgan fingerprint density at radius 1 is 1.53 bits per heavy atom. The number of nitrogens with two attached hydrogens (primary N) is 1. The van der Waals surface area contributed by atoms with E-state index in [1.54, 1.807) is 12.1 Å². The summed E-state index contributed by atoms with van der Waals surface area (Å²) in [5.41, 5.74) is 6.21. The molecule has 3 N–H and O–H groups in total. The number of nitrogens with one attached hydrogen (secondary N) is 1. The van der Waals surface area contributed by atoms with Crippen LogP contribution in [-0.4, -0.2) is 18.5 Å². The molecule has 0 aliphatic carbocycles. The van der Waals surface area contributed by atoms with Crippen LogP contribution in [0.3, 0.4) is 0 Å². The van der Waals surface area contributed by atoms with Gasteiger partial charge in [-0.3, -0.25) is 10.1 Å². The normalized spacial score (nSPS) is 13.2. The maximum absolute atomic E-state index is 11.3. The van der Waals surface area contributed by atoms with Crippen molar-refractivity contribution in [2.45, 2.75) is 26.3 Å². The first-order chi connectivity index (χ1) is 9.04. The molecule has 0 heterocycles. The fraction of sp³-hybridized carbons (Fsp3) is 0.400. The highest BCUT2D eigenvalue weighted by atomic mass is 35.5. The summed E-state index contributed by atoms with van der Waals surface area (Å²) >= 11 is 5.87. The van der Waals surface area contributed by atoms with Crippen molar-refractivity contribution in [1.29, 1.82) is 0 Å². The van der Waals surface area contributed by atoms with Crippen LogP contribution in [0.25, 0.3) is 0 Å². The van der Waals surface area contributed by atoms with E-state index in [4.69, 9.17) is 17.3 Å². The lowest BCUT2D eigenvalue weighted by molar-refractivity contribution is -0.121. The first kappa shape index (κ1) is 15.6. The lowest BCUT2D eigenvalue weighted by atomic mass is 9.99. The lowest BCUT2D eigenvalue weighted by Gasteiger charge is -2.19. The smallest absolute Gasteiger partial charge is 0.234 e. The van der Waals surface area contributed by atoms with Crippen molar-refractivity contribution in [3.05, 3.63) is 34.9 Å². The second-order valence-electron chi connectivity index (χ2n) is 4.46. The predicted octanol–water partition coefficient (Wildman–Crippen LogP) is 2.18. The summed E-state index contributed by atoms with van der Waals surface area (Å²) in [5.74, 6) is 5.82. The van der Waals surface area contributed by atoms with Crippen molar-refractivity contribution in [2.75, 3.05) is 6.54 Å². The summed E-state index contributed by atoms with van der Waals surface area (Å²) < 4.78 is 0. The minimum atomic E-state index is -0.335. The average molecular weight is 279 g/mol. The number of benzene rings is 1. The Morgan fingerprint density at radius 2 is 2.26 bits per heavy atom. The lowest BCUT2D eigenvalue weighted by Crippen LogP contribution is -2.45. The molecule has 19 heavy (non-hydrogen) atoms. The van der Waals surface area contributed by atoms with E-state index < -0.39 is 0 Å². The van der Waals surface area contributed by atoms with Crippen molar-refractivity contribution in [2.24, 2.45) is 11.7 Å². The maximum Gasteiger partial charge on any atom is 0.234 e. The monoisotopic (exact) mass is 278 g/mol. The Labute approximate surface area is 119 Å². The molecular formula is C15H19ClN2O. The second-order valence-corrected chi connectivity index (χ2v) is 4.90. The molecule has 0 unspecified atom stereocenters. The number of amides is 1. The van der Waals surface area contributed by atoms with Crippen molar-refractivity contribution in [3.8, 4) is 11.8 Å². The van der Waals surface area contributed by atoms with Crippen LogP contribution in [0.5, 0.6) is 0 Å². The highest BCUT2D eigenvalue weighted by Crippen LogP contribution is 2.09. The van der Waals surface area contributed by atoms with Gasteiger partial charge in [0.05, 0.1) is 12.6 Å². The Bertz CT molecular complexity index is 490. The molecule has 3 nitrogen and oxygen atoms in total. The number of carbonyl (C=O) groups excluding carboxylic acids is 1. The largest absolute Gasteiger partial charge is 0.368 e. The van der Waals surface area contributed by atoms with Crippen LogP contribution in [0.2, 0.25) is 5.02 Å². The standard InChI is InChI=1S/C15H19ClN2O/c1-3-11(2)14(15(17)19)18-9-5-7-12-6-4-8-13(16)10-12/h4,6,8,10-11,14,18H,3,9H2,1-2H3,(H2,17,19)/t11-,14+/m1/s1. The van der Waals surface area contributed by atoms with E-state index in [1.165, 1.54) is 0 Å². The number of primary amides is 1. The highest BCUT2D eigenvalue weighted by molar-refractivity contribution is 6.30. The molecule has 0 aliphatic rings. The van der Waals surface area contributed by atoms with E-state index in [0.717, 1.165) is 12.0 Å². The van der Waals surface area contributed by atoms with Gasteiger partial charge in [0.15, 0.2) is 0 Å². The third-order valence-corrected chi connectivity index (χ3v) is 3.22. The molecule has 4 heteroatoms. The fourth-order valence-electron chi connectivity index (χ4n) is 1.69. The third-order valence-electron chi connectivity index (χ3n) is 2.99. The summed E-state index contributed by atoms with van der Waals surface area (Å²) in [6, 6.07) is 7.01. The van der Waals surface area contributed by atoms with Gasteiger partial charge < -0.3 is 5.73 Å². The van der Waals surface area contributed by atoms with Crippen molar-refractivity contribution in [3.63, 3.8) is 0 Å². The second kappa shape index (κ2) is 7.83. The SMILES string of the molecule is CC[C@@H](C)[C@H](NCC#Cc1cccc(Cl)c1)C(N)=O. The Balaban J connectivity index is 2.56. The van der Waals surface area contributed by atoms with Crippen LogP contribution >= 0.6 is 11.6 Å². The van der Waals surface area contributed by atoms with Crippen molar-refractivity contribution in [1.82, 2.24) is 5.32 Å². The predicted molar refractivity (Wildman–Crippen MR) is 78.8 cm³/mol. The zero-order valence-electron chi connectivity index (χ0n) is 11.2. The fourth-order valence-corrected chi connectivity index (χ4v) is 1.88. The number of hydrogen-bond acceptors (Lipinski definition) is 2. The topological polar surface area (TPSA) is 55.1 Å². The average Bonchev–Trinajstić information content (AvgIpc) is 2.37. The molecule has 102 valence electrons. The zero-order chi connectivity index (χ0) is 14.3. The van der Waals surface area contributed by atoms with Crippen LogP contribution in [0.1, 0.15) is 25.8 Å². The van der Waals surface area contributed by atoms with E-state index in [1.807, 2.05) is 26.0 Å². The third kappa shape index (κ3) is 5.34. The van der Waals surface area contributed by atoms with Gasteiger partial charge in [-0.15, -0.1) is 0 Å². The molecule has 0 aliphatic heterocycles. The van der Waals surface area contributed by atoms with Gasteiger partial charge in [-0.2, -0.15) is 0 Å². The zero-order valence-corrected chi connectivity index (χ0v) is 12.0. The summed E-state index contributed by atoms with van der Waals surface area (Å²) in [6.45, 7) is 4.44. The molecule has 0 saturated heterocycles. The van der Waals surface area contributed by atoms with Gasteiger partial charge in [0.25, 0.3) is 0 Å². The number of halogens is 1. The Morgan fingerprint density at radius 3 is 2.84 bits per heavy atom. The number of rotatable bonds is 5. The van der Waals surface area contributed by atoms with Crippen LogP contribution < -0.4 is 11.1 Å². The van der Waals surface area contributed by atoms with Gasteiger partial charge in [-0.1, -0.05) is 49.8 Å². The molecule has 0 spiro atoms. The summed E-state index contributed by atoms with van der Waals surface area (Å²) in [5, 5.41) is 3.74.